The monoisotopic (exact) mass is 496 g/mol. The molecular weight excluding hydrogens is 468 g/mol. The second-order valence-electron chi connectivity index (χ2n) is 9.03. The Morgan fingerprint density at radius 2 is 1.59 bits per heavy atom. The van der Waals surface area contributed by atoms with Gasteiger partial charge in [-0.25, -0.2) is 4.68 Å². The number of anilines is 1. The fourth-order valence-electron chi connectivity index (χ4n) is 4.75. The van der Waals surface area contributed by atoms with Gasteiger partial charge >= 0.3 is 0 Å². The highest BCUT2D eigenvalue weighted by molar-refractivity contribution is 6.04. The minimum atomic E-state index is -0.897. The van der Waals surface area contributed by atoms with Crippen molar-refractivity contribution in [1.29, 1.82) is 0 Å². The number of fused-ring (bicyclic) bond motifs is 1. The summed E-state index contributed by atoms with van der Waals surface area (Å²) in [5.41, 5.74) is 4.72. The first-order chi connectivity index (χ1) is 17.9. The third kappa shape index (κ3) is 4.53. The zero-order valence-corrected chi connectivity index (χ0v) is 21.1. The Kier molecular flexibility index (Phi) is 6.40. The molecule has 2 amide bonds. The molecule has 4 aromatic rings. The van der Waals surface area contributed by atoms with Crippen LogP contribution in [0.25, 0.3) is 5.69 Å². The largest absolute Gasteiger partial charge is 0.497 e. The number of carbonyl (C=O) groups is 2. The SMILES string of the molecule is COc1cc(OC)cc([C@H]2c3c(C)nn(-c4ccc(C)cc4)c3NC(=O)[C@@H]2NC(=O)c2ccccc2)c1. The van der Waals surface area contributed by atoms with Crippen molar-refractivity contribution in [3.63, 3.8) is 0 Å². The van der Waals surface area contributed by atoms with Crippen molar-refractivity contribution in [2.75, 3.05) is 19.5 Å². The molecule has 3 aromatic carbocycles. The van der Waals surface area contributed by atoms with Crippen molar-refractivity contribution < 1.29 is 19.1 Å². The van der Waals surface area contributed by atoms with Gasteiger partial charge in [0.1, 0.15) is 23.4 Å². The Bertz CT molecular complexity index is 1440. The van der Waals surface area contributed by atoms with Crippen LogP contribution < -0.4 is 20.1 Å². The number of amides is 2. The lowest BCUT2D eigenvalue weighted by atomic mass is 9.81. The van der Waals surface area contributed by atoms with E-state index in [1.165, 1.54) is 0 Å². The van der Waals surface area contributed by atoms with E-state index in [-0.39, 0.29) is 11.8 Å². The van der Waals surface area contributed by atoms with E-state index >= 15 is 0 Å². The van der Waals surface area contributed by atoms with Crippen LogP contribution in [-0.2, 0) is 4.79 Å². The Hall–Kier alpha value is -4.59. The Balaban J connectivity index is 1.67. The molecule has 37 heavy (non-hydrogen) atoms. The van der Waals surface area contributed by atoms with Gasteiger partial charge in [-0.15, -0.1) is 0 Å². The molecule has 8 nitrogen and oxygen atoms in total. The zero-order valence-electron chi connectivity index (χ0n) is 21.1. The fourth-order valence-corrected chi connectivity index (χ4v) is 4.75. The molecule has 1 aliphatic heterocycles. The number of nitrogens with one attached hydrogen (secondary N) is 2. The minimum Gasteiger partial charge on any atom is -0.497 e. The molecule has 5 rings (SSSR count). The third-order valence-corrected chi connectivity index (χ3v) is 6.61. The summed E-state index contributed by atoms with van der Waals surface area (Å²) in [6.07, 6.45) is 0. The molecule has 8 heteroatoms. The summed E-state index contributed by atoms with van der Waals surface area (Å²) in [6, 6.07) is 21.3. The highest BCUT2D eigenvalue weighted by Gasteiger charge is 2.42. The highest BCUT2D eigenvalue weighted by Crippen LogP contribution is 2.42. The van der Waals surface area contributed by atoms with E-state index in [1.807, 2.05) is 56.3 Å². The van der Waals surface area contributed by atoms with Crippen molar-refractivity contribution >= 4 is 17.6 Å². The van der Waals surface area contributed by atoms with Crippen LogP contribution in [0.4, 0.5) is 5.82 Å². The van der Waals surface area contributed by atoms with Crippen LogP contribution in [0.15, 0.2) is 72.8 Å². The number of hydrogen-bond donors (Lipinski definition) is 2. The first-order valence-electron chi connectivity index (χ1n) is 12.0. The minimum absolute atomic E-state index is 0.336. The molecule has 0 saturated heterocycles. The molecule has 0 unspecified atom stereocenters. The summed E-state index contributed by atoms with van der Waals surface area (Å²) in [7, 11) is 3.15. The lowest BCUT2D eigenvalue weighted by molar-refractivity contribution is -0.118. The van der Waals surface area contributed by atoms with E-state index in [1.54, 1.807) is 49.2 Å². The molecule has 0 spiro atoms. The molecule has 0 bridgehead atoms. The van der Waals surface area contributed by atoms with Gasteiger partial charge in [-0.2, -0.15) is 5.10 Å². The van der Waals surface area contributed by atoms with E-state index in [2.05, 4.69) is 10.6 Å². The number of nitrogens with zero attached hydrogens (tertiary/aromatic N) is 2. The van der Waals surface area contributed by atoms with Gasteiger partial charge in [0, 0.05) is 23.1 Å². The summed E-state index contributed by atoms with van der Waals surface area (Å²) < 4.78 is 12.8. The fraction of sp³-hybridized carbons (Fsp3) is 0.207. The van der Waals surface area contributed by atoms with Gasteiger partial charge in [0.05, 0.1) is 25.6 Å². The first kappa shape index (κ1) is 24.1. The van der Waals surface area contributed by atoms with Crippen LogP contribution in [0.1, 0.15) is 38.7 Å². The van der Waals surface area contributed by atoms with Gasteiger partial charge in [-0.1, -0.05) is 35.9 Å². The molecule has 0 aliphatic carbocycles. The van der Waals surface area contributed by atoms with Gasteiger partial charge in [0.25, 0.3) is 5.91 Å². The van der Waals surface area contributed by atoms with Crippen LogP contribution in [-0.4, -0.2) is 41.9 Å². The highest BCUT2D eigenvalue weighted by atomic mass is 16.5. The molecule has 2 heterocycles. The molecular formula is C29H28N4O4. The van der Waals surface area contributed by atoms with Gasteiger partial charge < -0.3 is 20.1 Å². The maximum Gasteiger partial charge on any atom is 0.251 e. The average molecular weight is 497 g/mol. The normalized spacial score (nSPS) is 16.5. The number of carbonyl (C=O) groups excluding carboxylic acids is 2. The summed E-state index contributed by atoms with van der Waals surface area (Å²) in [4.78, 5) is 26.8. The summed E-state index contributed by atoms with van der Waals surface area (Å²) in [5.74, 6) is 0.518. The maximum atomic E-state index is 13.6. The van der Waals surface area contributed by atoms with Crippen molar-refractivity contribution in [1.82, 2.24) is 15.1 Å². The maximum absolute atomic E-state index is 13.6. The topological polar surface area (TPSA) is 94.5 Å². The van der Waals surface area contributed by atoms with Crippen molar-refractivity contribution in [2.45, 2.75) is 25.8 Å². The van der Waals surface area contributed by atoms with E-state index in [4.69, 9.17) is 14.6 Å². The van der Waals surface area contributed by atoms with Gasteiger partial charge in [-0.3, -0.25) is 9.59 Å². The first-order valence-corrected chi connectivity index (χ1v) is 12.0. The lowest BCUT2D eigenvalue weighted by Gasteiger charge is -2.33. The smallest absolute Gasteiger partial charge is 0.251 e. The van der Waals surface area contributed by atoms with Crippen molar-refractivity contribution in [2.24, 2.45) is 0 Å². The Morgan fingerprint density at radius 1 is 0.946 bits per heavy atom. The molecule has 1 aromatic heterocycles. The third-order valence-electron chi connectivity index (χ3n) is 6.61. The van der Waals surface area contributed by atoms with E-state index in [0.717, 1.165) is 28.1 Å². The van der Waals surface area contributed by atoms with Gasteiger partial charge in [-0.05, 0) is 55.8 Å². The molecule has 0 saturated carbocycles. The lowest BCUT2D eigenvalue weighted by Crippen LogP contribution is -2.50. The predicted octanol–water partition coefficient (Wildman–Crippen LogP) is 4.39. The molecule has 0 radical (unpaired) electrons. The Morgan fingerprint density at radius 3 is 2.22 bits per heavy atom. The molecule has 188 valence electrons. The van der Waals surface area contributed by atoms with E-state index in [9.17, 15) is 9.59 Å². The van der Waals surface area contributed by atoms with Crippen LogP contribution in [0, 0.1) is 13.8 Å². The number of aromatic nitrogens is 2. The van der Waals surface area contributed by atoms with E-state index in [0.29, 0.717) is 22.9 Å². The van der Waals surface area contributed by atoms with Crippen LogP contribution >= 0.6 is 0 Å². The number of ether oxygens (including phenoxy) is 2. The van der Waals surface area contributed by atoms with Crippen LogP contribution in [0.2, 0.25) is 0 Å². The number of aryl methyl sites for hydroxylation is 2. The zero-order chi connectivity index (χ0) is 26.1. The molecule has 2 N–H and O–H groups in total. The van der Waals surface area contributed by atoms with Crippen molar-refractivity contribution in [3.8, 4) is 17.2 Å². The van der Waals surface area contributed by atoms with Gasteiger partial charge in [0.15, 0.2) is 0 Å². The summed E-state index contributed by atoms with van der Waals surface area (Å²) >= 11 is 0. The Labute approximate surface area is 215 Å². The molecule has 0 fully saturated rings. The average Bonchev–Trinajstić information content (AvgIpc) is 3.24. The molecule has 2 atom stereocenters. The van der Waals surface area contributed by atoms with Crippen LogP contribution in [0.5, 0.6) is 11.5 Å². The van der Waals surface area contributed by atoms with E-state index < -0.39 is 12.0 Å². The molecule has 1 aliphatic rings. The van der Waals surface area contributed by atoms with Gasteiger partial charge in [0.2, 0.25) is 5.91 Å². The summed E-state index contributed by atoms with van der Waals surface area (Å²) in [6.45, 7) is 3.92. The van der Waals surface area contributed by atoms with Crippen molar-refractivity contribution in [3.05, 3.63) is 101 Å². The number of rotatable bonds is 6. The van der Waals surface area contributed by atoms with Crippen LogP contribution in [0.3, 0.4) is 0 Å². The second kappa shape index (κ2) is 9.81. The number of hydrogen-bond acceptors (Lipinski definition) is 5. The second-order valence-corrected chi connectivity index (χ2v) is 9.03. The standard InChI is InChI=1S/C29H28N4O4/c1-17-10-12-21(13-11-17)33-27-24(18(2)32-33)25(20-14-22(36-3)16-23(15-20)37-4)26(29(35)31-27)30-28(34)19-8-6-5-7-9-19/h5-16,25-26H,1-4H3,(H,30,34)(H,31,35)/t25-,26+/m0/s1. The quantitative estimate of drug-likeness (QED) is 0.413. The number of benzene rings is 3. The summed E-state index contributed by atoms with van der Waals surface area (Å²) in [5, 5.41) is 10.8. The number of methoxy groups -OCH3 is 2. The predicted molar refractivity (Wildman–Crippen MR) is 141 cm³/mol.